The molecule has 6 rings (SSSR count). The number of fused-ring (bicyclic) bond motifs is 3. The van der Waals surface area contributed by atoms with Gasteiger partial charge in [0.15, 0.2) is 0 Å². The lowest BCUT2D eigenvalue weighted by Gasteiger charge is -2.54. The number of carbonyl (C=O) groups is 1. The van der Waals surface area contributed by atoms with Crippen molar-refractivity contribution in [2.75, 3.05) is 12.0 Å². The number of rotatable bonds is 7. The summed E-state index contributed by atoms with van der Waals surface area (Å²) in [6.07, 6.45) is 8.86. The van der Waals surface area contributed by atoms with Crippen LogP contribution < -0.4 is 4.90 Å². The third-order valence-electron chi connectivity index (χ3n) is 9.98. The summed E-state index contributed by atoms with van der Waals surface area (Å²) in [4.78, 5) is 25.8. The van der Waals surface area contributed by atoms with Crippen molar-refractivity contribution in [2.24, 2.45) is 11.3 Å². The number of aryl methyl sites for hydroxylation is 1. The molecule has 44 heavy (non-hydrogen) atoms. The van der Waals surface area contributed by atoms with Gasteiger partial charge >= 0.3 is 5.97 Å². The van der Waals surface area contributed by atoms with Gasteiger partial charge in [-0.3, -0.25) is 14.9 Å². The van der Waals surface area contributed by atoms with E-state index in [9.17, 15) is 14.9 Å². The highest BCUT2D eigenvalue weighted by molar-refractivity contribution is 5.80. The van der Waals surface area contributed by atoms with Gasteiger partial charge in [-0.1, -0.05) is 61.9 Å². The number of esters is 1. The average Bonchev–Trinajstić information content (AvgIpc) is 3.04. The van der Waals surface area contributed by atoms with Crippen LogP contribution in [-0.4, -0.2) is 18.0 Å². The Kier molecular flexibility index (Phi) is 7.85. The largest absolute Gasteiger partial charge is 0.469 e. The van der Waals surface area contributed by atoms with Gasteiger partial charge in [-0.25, -0.2) is 0 Å². The topological polar surface area (TPSA) is 72.7 Å². The van der Waals surface area contributed by atoms with E-state index >= 15 is 0 Å². The number of para-hydroxylation sites is 1. The first-order valence-electron chi connectivity index (χ1n) is 15.3. The SMILES string of the molecule is COC(=O)[C@]1(C)CCC[C@]2(C)c3ccc(N(c4ccccc4)c4ccc(/C=C/c5ccc([N+](=O)[O-])cc5)cc4)cc3CC[C@@H]12. The van der Waals surface area contributed by atoms with Crippen molar-refractivity contribution in [3.63, 3.8) is 0 Å². The number of non-ortho nitro benzene ring substituents is 1. The van der Waals surface area contributed by atoms with E-state index < -0.39 is 5.41 Å². The molecule has 2 aliphatic carbocycles. The Balaban J connectivity index is 1.31. The van der Waals surface area contributed by atoms with Crippen molar-refractivity contribution in [3.8, 4) is 0 Å². The number of ether oxygens (including phenoxy) is 1. The van der Waals surface area contributed by atoms with Crippen LogP contribution in [0, 0.1) is 21.4 Å². The van der Waals surface area contributed by atoms with Crippen molar-refractivity contribution in [1.29, 1.82) is 0 Å². The number of hydrogen-bond donors (Lipinski definition) is 0. The smallest absolute Gasteiger partial charge is 0.311 e. The fourth-order valence-electron chi connectivity index (χ4n) is 7.75. The summed E-state index contributed by atoms with van der Waals surface area (Å²) in [7, 11) is 1.52. The molecule has 3 atom stereocenters. The van der Waals surface area contributed by atoms with Crippen LogP contribution in [0.2, 0.25) is 0 Å². The van der Waals surface area contributed by atoms with Gasteiger partial charge in [0.25, 0.3) is 5.69 Å². The molecule has 0 N–H and O–H groups in total. The normalized spacial score (nSPS) is 22.6. The molecular formula is C38H38N2O4. The van der Waals surface area contributed by atoms with Crippen molar-refractivity contribution in [1.82, 2.24) is 0 Å². The van der Waals surface area contributed by atoms with Crippen LogP contribution in [0.15, 0.2) is 97.1 Å². The lowest BCUT2D eigenvalue weighted by molar-refractivity contribution is -0.384. The minimum Gasteiger partial charge on any atom is -0.469 e. The van der Waals surface area contributed by atoms with Gasteiger partial charge in [0, 0.05) is 29.2 Å². The molecule has 2 aliphatic rings. The lowest BCUT2D eigenvalue weighted by Crippen LogP contribution is -2.52. The molecular weight excluding hydrogens is 548 g/mol. The van der Waals surface area contributed by atoms with Crippen LogP contribution in [0.3, 0.4) is 0 Å². The molecule has 0 bridgehead atoms. The lowest BCUT2D eigenvalue weighted by atomic mass is 9.50. The quantitative estimate of drug-likeness (QED) is 0.0933. The number of benzene rings is 4. The van der Waals surface area contributed by atoms with E-state index in [-0.39, 0.29) is 27.9 Å². The molecule has 6 heteroatoms. The monoisotopic (exact) mass is 586 g/mol. The van der Waals surface area contributed by atoms with Gasteiger partial charge < -0.3 is 9.64 Å². The Morgan fingerprint density at radius 3 is 2.11 bits per heavy atom. The molecule has 0 spiro atoms. The molecule has 0 aromatic heterocycles. The molecule has 0 amide bonds. The number of methoxy groups -OCH3 is 1. The van der Waals surface area contributed by atoms with Crippen molar-refractivity contribution < 1.29 is 14.5 Å². The highest BCUT2D eigenvalue weighted by Crippen LogP contribution is 2.58. The zero-order valence-electron chi connectivity index (χ0n) is 25.5. The first-order valence-corrected chi connectivity index (χ1v) is 15.3. The molecule has 4 aromatic rings. The Hall–Kier alpha value is -4.71. The number of anilines is 3. The first-order chi connectivity index (χ1) is 21.2. The van der Waals surface area contributed by atoms with E-state index in [2.05, 4.69) is 85.5 Å². The van der Waals surface area contributed by atoms with E-state index in [4.69, 9.17) is 4.74 Å². The molecule has 224 valence electrons. The molecule has 1 fully saturated rings. The Labute approximate surface area is 259 Å². The predicted octanol–water partition coefficient (Wildman–Crippen LogP) is 9.42. The van der Waals surface area contributed by atoms with E-state index in [1.165, 1.54) is 30.4 Å². The van der Waals surface area contributed by atoms with Crippen LogP contribution >= 0.6 is 0 Å². The highest BCUT2D eigenvalue weighted by Gasteiger charge is 2.55. The van der Waals surface area contributed by atoms with Gasteiger partial charge in [-0.2, -0.15) is 0 Å². The number of nitrogens with zero attached hydrogens (tertiary/aromatic N) is 2. The van der Waals surface area contributed by atoms with Crippen LogP contribution in [0.4, 0.5) is 22.7 Å². The van der Waals surface area contributed by atoms with Gasteiger partial charge in [0.2, 0.25) is 0 Å². The number of hydrogen-bond acceptors (Lipinski definition) is 5. The van der Waals surface area contributed by atoms with Crippen molar-refractivity contribution in [2.45, 2.75) is 51.4 Å². The number of nitro groups is 1. The second-order valence-corrected chi connectivity index (χ2v) is 12.6. The molecule has 0 radical (unpaired) electrons. The summed E-state index contributed by atoms with van der Waals surface area (Å²) >= 11 is 0. The Morgan fingerprint density at radius 2 is 1.48 bits per heavy atom. The third-order valence-corrected chi connectivity index (χ3v) is 9.98. The summed E-state index contributed by atoms with van der Waals surface area (Å²) in [6, 6.07) is 32.3. The van der Waals surface area contributed by atoms with Gasteiger partial charge in [-0.05, 0) is 115 Å². The van der Waals surface area contributed by atoms with Crippen LogP contribution in [0.25, 0.3) is 12.2 Å². The van der Waals surface area contributed by atoms with E-state index in [0.29, 0.717) is 0 Å². The Bertz CT molecular complexity index is 1700. The van der Waals surface area contributed by atoms with Crippen LogP contribution in [-0.2, 0) is 21.4 Å². The molecule has 0 unspecified atom stereocenters. The zero-order valence-corrected chi connectivity index (χ0v) is 25.5. The maximum Gasteiger partial charge on any atom is 0.311 e. The number of nitro benzene ring substituents is 1. The van der Waals surface area contributed by atoms with Crippen LogP contribution in [0.1, 0.15) is 61.8 Å². The standard InChI is InChI=1S/C38H38N2O4/c1-37-24-7-25-38(2,36(41)44-3)35(37)23-16-29-26-33(21-22-34(29)37)39(30-8-5-4-6-9-30)31-17-12-27(13-18-31)10-11-28-14-19-32(20-15-28)40(42)43/h4-6,8-15,17-22,26,35H,7,16,23-25H2,1-3H3/b11-10+/t35-,37-,38-/m1/s1. The molecule has 0 saturated heterocycles. The average molecular weight is 587 g/mol. The molecule has 0 aliphatic heterocycles. The zero-order chi connectivity index (χ0) is 30.9. The summed E-state index contributed by atoms with van der Waals surface area (Å²) in [5.41, 5.74) is 7.48. The minimum absolute atomic E-state index is 0.0669. The summed E-state index contributed by atoms with van der Waals surface area (Å²) in [5, 5.41) is 10.9. The predicted molar refractivity (Wildman–Crippen MR) is 176 cm³/mol. The van der Waals surface area contributed by atoms with Crippen molar-refractivity contribution in [3.05, 3.63) is 129 Å². The van der Waals surface area contributed by atoms with Crippen LogP contribution in [0.5, 0.6) is 0 Å². The fraction of sp³-hybridized carbons (Fsp3) is 0.289. The maximum atomic E-state index is 13.0. The summed E-state index contributed by atoms with van der Waals surface area (Å²) < 4.78 is 5.31. The van der Waals surface area contributed by atoms with Gasteiger partial charge in [0.05, 0.1) is 17.4 Å². The van der Waals surface area contributed by atoms with E-state index in [1.807, 2.05) is 18.2 Å². The van der Waals surface area contributed by atoms with E-state index in [1.54, 1.807) is 12.1 Å². The summed E-state index contributed by atoms with van der Waals surface area (Å²) in [5.74, 6) is 0.182. The molecule has 6 nitrogen and oxygen atoms in total. The van der Waals surface area contributed by atoms with E-state index in [0.717, 1.165) is 60.3 Å². The van der Waals surface area contributed by atoms with Crippen molar-refractivity contribution >= 4 is 40.9 Å². The third kappa shape index (κ3) is 5.30. The summed E-state index contributed by atoms with van der Waals surface area (Å²) in [6.45, 7) is 4.47. The molecule has 1 saturated carbocycles. The highest BCUT2D eigenvalue weighted by atomic mass is 16.6. The first kappa shape index (κ1) is 29.4. The second kappa shape index (κ2) is 11.8. The fourth-order valence-corrected chi connectivity index (χ4v) is 7.75. The number of carbonyl (C=O) groups excluding carboxylic acids is 1. The van der Waals surface area contributed by atoms with Gasteiger partial charge in [-0.15, -0.1) is 0 Å². The maximum absolute atomic E-state index is 13.0. The molecule has 4 aromatic carbocycles. The second-order valence-electron chi connectivity index (χ2n) is 12.6. The Morgan fingerprint density at radius 1 is 0.864 bits per heavy atom. The van der Waals surface area contributed by atoms with Gasteiger partial charge in [0.1, 0.15) is 0 Å². The minimum atomic E-state index is -0.456. The molecule has 0 heterocycles.